The predicted octanol–water partition coefficient (Wildman–Crippen LogP) is 4.21. The van der Waals surface area contributed by atoms with Crippen molar-refractivity contribution in [3.05, 3.63) is 0 Å². The first-order valence-electron chi connectivity index (χ1n) is 6.18. The standard InChI is InChI=1S/C11H25N.C2H6/c1-10(2)7-5-6-8-11(3,4)9-12;1-2/h10H,5-9,12H2,1-4H3;1-2H3. The molecule has 0 aliphatic heterocycles. The quantitative estimate of drug-likeness (QED) is 0.640. The van der Waals surface area contributed by atoms with Crippen LogP contribution >= 0.6 is 0 Å². The molecule has 0 unspecified atom stereocenters. The third-order valence-electron chi connectivity index (χ3n) is 2.44. The van der Waals surface area contributed by atoms with E-state index in [0.29, 0.717) is 5.41 Å². The van der Waals surface area contributed by atoms with Gasteiger partial charge < -0.3 is 5.73 Å². The average Bonchev–Trinajstić information content (AvgIpc) is 2.16. The molecule has 0 saturated carbocycles. The van der Waals surface area contributed by atoms with Crippen LogP contribution < -0.4 is 5.73 Å². The highest BCUT2D eigenvalue weighted by Gasteiger charge is 2.14. The molecule has 0 rings (SSSR count). The van der Waals surface area contributed by atoms with Crippen molar-refractivity contribution in [3.63, 3.8) is 0 Å². The maximum atomic E-state index is 5.65. The second kappa shape index (κ2) is 9.51. The van der Waals surface area contributed by atoms with Gasteiger partial charge >= 0.3 is 0 Å². The van der Waals surface area contributed by atoms with Crippen LogP contribution in [0.2, 0.25) is 0 Å². The van der Waals surface area contributed by atoms with Gasteiger partial charge in [-0.05, 0) is 24.3 Å². The Labute approximate surface area is 91.5 Å². The fourth-order valence-corrected chi connectivity index (χ4v) is 1.26. The van der Waals surface area contributed by atoms with Gasteiger partial charge in [-0.25, -0.2) is 0 Å². The van der Waals surface area contributed by atoms with E-state index in [0.717, 1.165) is 12.5 Å². The van der Waals surface area contributed by atoms with Gasteiger partial charge in [0.05, 0.1) is 0 Å². The summed E-state index contributed by atoms with van der Waals surface area (Å²) in [5.74, 6) is 0.853. The molecule has 0 radical (unpaired) electrons. The van der Waals surface area contributed by atoms with E-state index in [9.17, 15) is 0 Å². The first kappa shape index (κ1) is 16.4. The van der Waals surface area contributed by atoms with E-state index in [1.807, 2.05) is 13.8 Å². The molecule has 0 spiro atoms. The van der Waals surface area contributed by atoms with Gasteiger partial charge in [-0.3, -0.25) is 0 Å². The summed E-state index contributed by atoms with van der Waals surface area (Å²) < 4.78 is 0. The number of hydrogen-bond acceptors (Lipinski definition) is 1. The van der Waals surface area contributed by atoms with Gasteiger partial charge in [-0.2, -0.15) is 0 Å². The molecule has 0 saturated heterocycles. The van der Waals surface area contributed by atoms with Crippen LogP contribution in [0.3, 0.4) is 0 Å². The summed E-state index contributed by atoms with van der Waals surface area (Å²) in [6, 6.07) is 0. The molecule has 0 amide bonds. The molecular formula is C13H31N. The van der Waals surface area contributed by atoms with E-state index in [-0.39, 0.29) is 0 Å². The van der Waals surface area contributed by atoms with E-state index in [1.54, 1.807) is 0 Å². The lowest BCUT2D eigenvalue weighted by Gasteiger charge is -2.22. The van der Waals surface area contributed by atoms with Crippen LogP contribution in [0.5, 0.6) is 0 Å². The zero-order valence-electron chi connectivity index (χ0n) is 11.2. The zero-order valence-corrected chi connectivity index (χ0v) is 11.2. The van der Waals surface area contributed by atoms with Gasteiger partial charge in [-0.1, -0.05) is 60.8 Å². The van der Waals surface area contributed by atoms with Gasteiger partial charge in [0, 0.05) is 0 Å². The second-order valence-electron chi connectivity index (χ2n) is 5.01. The molecule has 14 heavy (non-hydrogen) atoms. The van der Waals surface area contributed by atoms with Crippen molar-refractivity contribution in [2.45, 2.75) is 67.2 Å². The van der Waals surface area contributed by atoms with Crippen LogP contribution in [0.15, 0.2) is 0 Å². The average molecular weight is 201 g/mol. The summed E-state index contributed by atoms with van der Waals surface area (Å²) in [7, 11) is 0. The van der Waals surface area contributed by atoms with Crippen molar-refractivity contribution in [2.24, 2.45) is 17.1 Å². The van der Waals surface area contributed by atoms with Gasteiger partial charge in [0.1, 0.15) is 0 Å². The SMILES string of the molecule is CC.CC(C)CCCCC(C)(C)CN. The molecule has 0 aliphatic carbocycles. The number of hydrogen-bond donors (Lipinski definition) is 1. The van der Waals surface area contributed by atoms with Crippen molar-refractivity contribution in [3.8, 4) is 0 Å². The lowest BCUT2D eigenvalue weighted by Crippen LogP contribution is -2.23. The van der Waals surface area contributed by atoms with Crippen molar-refractivity contribution >= 4 is 0 Å². The van der Waals surface area contributed by atoms with E-state index >= 15 is 0 Å². The van der Waals surface area contributed by atoms with Crippen molar-refractivity contribution in [2.75, 3.05) is 6.54 Å². The van der Waals surface area contributed by atoms with E-state index in [4.69, 9.17) is 5.73 Å². The van der Waals surface area contributed by atoms with E-state index in [2.05, 4.69) is 27.7 Å². The molecule has 0 aromatic carbocycles. The molecule has 88 valence electrons. The van der Waals surface area contributed by atoms with Crippen LogP contribution in [0.25, 0.3) is 0 Å². The van der Waals surface area contributed by atoms with E-state index < -0.39 is 0 Å². The normalized spacial score (nSPS) is 11.1. The molecule has 0 aromatic rings. The van der Waals surface area contributed by atoms with Gasteiger partial charge in [0.15, 0.2) is 0 Å². The Kier molecular flexibility index (Phi) is 11.1. The van der Waals surface area contributed by atoms with Crippen LogP contribution in [0, 0.1) is 11.3 Å². The summed E-state index contributed by atoms with van der Waals surface area (Å²) in [5.41, 5.74) is 6.01. The fourth-order valence-electron chi connectivity index (χ4n) is 1.26. The molecule has 2 N–H and O–H groups in total. The zero-order chi connectivity index (χ0) is 11.6. The minimum atomic E-state index is 0.358. The third-order valence-corrected chi connectivity index (χ3v) is 2.44. The smallest absolute Gasteiger partial charge is 0.00258 e. The van der Waals surface area contributed by atoms with Crippen molar-refractivity contribution < 1.29 is 0 Å². The van der Waals surface area contributed by atoms with Gasteiger partial charge in [0.2, 0.25) is 0 Å². The fraction of sp³-hybridized carbons (Fsp3) is 1.00. The van der Waals surface area contributed by atoms with Crippen LogP contribution in [0.4, 0.5) is 0 Å². The maximum absolute atomic E-state index is 5.65. The number of rotatable bonds is 6. The molecule has 1 heteroatoms. The van der Waals surface area contributed by atoms with Gasteiger partial charge in [0.25, 0.3) is 0 Å². The Morgan fingerprint density at radius 2 is 1.57 bits per heavy atom. The Hall–Kier alpha value is -0.0400. The van der Waals surface area contributed by atoms with Crippen molar-refractivity contribution in [1.29, 1.82) is 0 Å². The largest absolute Gasteiger partial charge is 0.330 e. The molecule has 0 atom stereocenters. The number of unbranched alkanes of at least 4 members (excludes halogenated alkanes) is 1. The third kappa shape index (κ3) is 12.0. The lowest BCUT2D eigenvalue weighted by atomic mass is 9.87. The van der Waals surface area contributed by atoms with Gasteiger partial charge in [-0.15, -0.1) is 0 Å². The summed E-state index contributed by atoms with van der Waals surface area (Å²) in [6.45, 7) is 13.9. The summed E-state index contributed by atoms with van der Waals surface area (Å²) in [5, 5.41) is 0. The first-order chi connectivity index (χ1) is 6.48. The predicted molar refractivity (Wildman–Crippen MR) is 67.5 cm³/mol. The minimum absolute atomic E-state index is 0.358. The summed E-state index contributed by atoms with van der Waals surface area (Å²) >= 11 is 0. The molecular weight excluding hydrogens is 170 g/mol. The van der Waals surface area contributed by atoms with Crippen LogP contribution in [-0.2, 0) is 0 Å². The van der Waals surface area contributed by atoms with E-state index in [1.165, 1.54) is 25.7 Å². The Morgan fingerprint density at radius 3 is 1.93 bits per heavy atom. The van der Waals surface area contributed by atoms with Crippen LogP contribution in [-0.4, -0.2) is 6.54 Å². The Balaban J connectivity index is 0. The number of nitrogens with two attached hydrogens (primary N) is 1. The minimum Gasteiger partial charge on any atom is -0.330 e. The molecule has 1 nitrogen and oxygen atoms in total. The highest BCUT2D eigenvalue weighted by atomic mass is 14.6. The molecule has 0 aliphatic rings. The lowest BCUT2D eigenvalue weighted by molar-refractivity contribution is 0.327. The highest BCUT2D eigenvalue weighted by molar-refractivity contribution is 4.68. The molecule has 0 fully saturated rings. The molecule has 0 heterocycles. The summed E-state index contributed by atoms with van der Waals surface area (Å²) in [6.07, 6.45) is 5.33. The summed E-state index contributed by atoms with van der Waals surface area (Å²) in [4.78, 5) is 0. The topological polar surface area (TPSA) is 26.0 Å². The second-order valence-corrected chi connectivity index (χ2v) is 5.01. The Bertz CT molecular complexity index is 106. The molecule has 0 bridgehead atoms. The monoisotopic (exact) mass is 201 g/mol. The highest BCUT2D eigenvalue weighted by Crippen LogP contribution is 2.22. The first-order valence-corrected chi connectivity index (χ1v) is 6.18. The molecule has 0 aromatic heterocycles. The Morgan fingerprint density at radius 1 is 1.07 bits per heavy atom. The van der Waals surface area contributed by atoms with Crippen LogP contribution in [0.1, 0.15) is 67.2 Å². The maximum Gasteiger partial charge on any atom is -0.00258 e. The van der Waals surface area contributed by atoms with Crippen molar-refractivity contribution in [1.82, 2.24) is 0 Å².